The average molecular weight is 367 g/mol. The Morgan fingerprint density at radius 3 is 2.56 bits per heavy atom. The largest absolute Gasteiger partial charge is 0.381 e. The summed E-state index contributed by atoms with van der Waals surface area (Å²) in [6.45, 7) is 5.75. The summed E-state index contributed by atoms with van der Waals surface area (Å²) in [5.41, 5.74) is 1.99. The minimum atomic E-state index is 0.539. The van der Waals surface area contributed by atoms with E-state index in [0.717, 1.165) is 48.0 Å². The van der Waals surface area contributed by atoms with E-state index in [0.29, 0.717) is 6.04 Å². The van der Waals surface area contributed by atoms with Gasteiger partial charge in [0, 0.05) is 56.8 Å². The molecule has 3 fully saturated rings. The van der Waals surface area contributed by atoms with Crippen LogP contribution in [0.5, 0.6) is 0 Å². The van der Waals surface area contributed by atoms with Gasteiger partial charge in [0.25, 0.3) is 0 Å². The van der Waals surface area contributed by atoms with Gasteiger partial charge in [-0.05, 0) is 61.6 Å². The molecular weight excluding hydrogens is 338 g/mol. The van der Waals surface area contributed by atoms with Crippen LogP contribution in [0.15, 0.2) is 30.6 Å². The van der Waals surface area contributed by atoms with Gasteiger partial charge in [-0.2, -0.15) is 0 Å². The predicted octanol–water partition coefficient (Wildman–Crippen LogP) is 3.02. The van der Waals surface area contributed by atoms with Gasteiger partial charge in [0.05, 0.1) is 5.69 Å². The summed E-state index contributed by atoms with van der Waals surface area (Å²) >= 11 is 0. The van der Waals surface area contributed by atoms with Crippen LogP contribution < -0.4 is 5.32 Å². The first-order valence-electron chi connectivity index (χ1n) is 10.4. The van der Waals surface area contributed by atoms with Gasteiger partial charge in [0.1, 0.15) is 5.82 Å². The number of aromatic nitrogens is 3. The summed E-state index contributed by atoms with van der Waals surface area (Å²) < 4.78 is 5.50. The second-order valence-electron chi connectivity index (χ2n) is 8.51. The van der Waals surface area contributed by atoms with Gasteiger partial charge >= 0.3 is 0 Å². The number of hydrogen-bond acceptors (Lipinski definition) is 5. The number of nitrogens with zero attached hydrogens (tertiary/aromatic N) is 3. The molecule has 1 aliphatic carbocycles. The first-order valence-corrected chi connectivity index (χ1v) is 10.4. The first-order chi connectivity index (χ1) is 13.3. The highest BCUT2D eigenvalue weighted by Crippen LogP contribution is 2.39. The third kappa shape index (κ3) is 3.87. The number of likely N-dealkylation sites (tertiary alicyclic amines) is 1. The highest BCUT2D eigenvalue weighted by Gasteiger charge is 2.41. The van der Waals surface area contributed by atoms with Crippen molar-refractivity contribution in [2.24, 2.45) is 17.8 Å². The van der Waals surface area contributed by atoms with Crippen molar-refractivity contribution in [3.05, 3.63) is 30.6 Å². The lowest BCUT2D eigenvalue weighted by molar-refractivity contribution is 0.0545. The molecule has 0 aromatic carbocycles. The second-order valence-corrected chi connectivity index (χ2v) is 8.51. The average Bonchev–Trinajstić information content (AvgIpc) is 3.40. The normalized spacial score (nSPS) is 29.1. The van der Waals surface area contributed by atoms with E-state index in [1.54, 1.807) is 0 Å². The minimum absolute atomic E-state index is 0.539. The maximum Gasteiger partial charge on any atom is 0.148 e. The highest BCUT2D eigenvalue weighted by molar-refractivity contribution is 5.58. The number of fused-ring (bicyclic) bond motifs is 1. The van der Waals surface area contributed by atoms with E-state index in [4.69, 9.17) is 4.74 Å². The molecule has 0 bridgehead atoms. The van der Waals surface area contributed by atoms with Crippen LogP contribution in [0.25, 0.3) is 11.3 Å². The quantitative estimate of drug-likeness (QED) is 0.850. The summed E-state index contributed by atoms with van der Waals surface area (Å²) in [4.78, 5) is 5.78. The van der Waals surface area contributed by atoms with Crippen molar-refractivity contribution < 1.29 is 4.74 Å². The molecule has 2 aromatic heterocycles. The van der Waals surface area contributed by atoms with E-state index in [1.165, 1.54) is 45.3 Å². The van der Waals surface area contributed by atoms with E-state index in [1.807, 2.05) is 24.5 Å². The standard InChI is InChI=1S/C21H29N5O/c1-2-21(25-24-20(1)16-3-6-22-11-16)23-19-9-17-13-26(14-18(17)10-19)12-15-4-7-27-8-5-15/h1-3,6,11,15,17-19,22H,4-5,7-10,12-14H2,(H,23,25). The maximum absolute atomic E-state index is 5.50. The van der Waals surface area contributed by atoms with Gasteiger partial charge in [0.15, 0.2) is 0 Å². The molecule has 1 saturated carbocycles. The Labute approximate surface area is 160 Å². The Bertz CT molecular complexity index is 712. The molecule has 3 aliphatic rings. The first kappa shape index (κ1) is 17.2. The van der Waals surface area contributed by atoms with E-state index in [9.17, 15) is 0 Å². The number of ether oxygens (including phenoxy) is 1. The molecule has 6 heteroatoms. The summed E-state index contributed by atoms with van der Waals surface area (Å²) in [7, 11) is 0. The molecular formula is C21H29N5O. The fourth-order valence-electron chi connectivity index (χ4n) is 5.21. The maximum atomic E-state index is 5.50. The van der Waals surface area contributed by atoms with Crippen LogP contribution in [0, 0.1) is 17.8 Å². The minimum Gasteiger partial charge on any atom is -0.381 e. The molecule has 0 spiro atoms. The Balaban J connectivity index is 1.12. The number of anilines is 1. The summed E-state index contributed by atoms with van der Waals surface area (Å²) in [6, 6.07) is 6.66. The Morgan fingerprint density at radius 2 is 1.89 bits per heavy atom. The molecule has 2 aliphatic heterocycles. The van der Waals surface area contributed by atoms with E-state index < -0.39 is 0 Å². The van der Waals surface area contributed by atoms with Gasteiger partial charge in [-0.1, -0.05) is 0 Å². The van der Waals surface area contributed by atoms with Crippen molar-refractivity contribution in [2.45, 2.75) is 31.7 Å². The number of H-pyrrole nitrogens is 1. The van der Waals surface area contributed by atoms with Crippen molar-refractivity contribution in [3.63, 3.8) is 0 Å². The molecule has 5 rings (SSSR count). The van der Waals surface area contributed by atoms with Gasteiger partial charge in [-0.25, -0.2) is 0 Å². The van der Waals surface area contributed by atoms with Crippen molar-refractivity contribution in [3.8, 4) is 11.3 Å². The molecule has 4 heterocycles. The van der Waals surface area contributed by atoms with Gasteiger partial charge in [0.2, 0.25) is 0 Å². The lowest BCUT2D eigenvalue weighted by Gasteiger charge is -2.27. The van der Waals surface area contributed by atoms with Crippen molar-refractivity contribution in [2.75, 3.05) is 38.2 Å². The van der Waals surface area contributed by atoms with Gasteiger partial charge in [-0.3, -0.25) is 0 Å². The SMILES string of the molecule is c1cc(-c2ccc(NC3CC4CN(CC5CCOCC5)CC4C3)nn2)c[nH]1. The second kappa shape index (κ2) is 7.60. The molecule has 2 unspecified atom stereocenters. The Kier molecular flexibility index (Phi) is 4.84. The zero-order chi connectivity index (χ0) is 18.1. The molecule has 0 radical (unpaired) electrons. The Morgan fingerprint density at radius 1 is 1.07 bits per heavy atom. The topological polar surface area (TPSA) is 66.1 Å². The molecule has 144 valence electrons. The van der Waals surface area contributed by atoms with Crippen molar-refractivity contribution >= 4 is 5.82 Å². The molecule has 2 N–H and O–H groups in total. The van der Waals surface area contributed by atoms with Crippen molar-refractivity contribution in [1.82, 2.24) is 20.1 Å². The van der Waals surface area contributed by atoms with Crippen LogP contribution in [0.2, 0.25) is 0 Å². The molecule has 2 atom stereocenters. The van der Waals surface area contributed by atoms with Crippen LogP contribution >= 0.6 is 0 Å². The number of rotatable bonds is 5. The smallest absolute Gasteiger partial charge is 0.148 e. The fourth-order valence-corrected chi connectivity index (χ4v) is 5.21. The fraction of sp³-hybridized carbons (Fsp3) is 0.619. The van der Waals surface area contributed by atoms with Crippen LogP contribution in [-0.2, 0) is 4.74 Å². The van der Waals surface area contributed by atoms with Crippen molar-refractivity contribution in [1.29, 1.82) is 0 Å². The number of hydrogen-bond donors (Lipinski definition) is 2. The van der Waals surface area contributed by atoms with E-state index >= 15 is 0 Å². The zero-order valence-electron chi connectivity index (χ0n) is 15.8. The van der Waals surface area contributed by atoms with Crippen LogP contribution in [0.1, 0.15) is 25.7 Å². The third-order valence-electron chi connectivity index (χ3n) is 6.59. The predicted molar refractivity (Wildman–Crippen MR) is 105 cm³/mol. The molecule has 6 nitrogen and oxygen atoms in total. The van der Waals surface area contributed by atoms with Gasteiger partial charge < -0.3 is 19.9 Å². The van der Waals surface area contributed by atoms with Crippen LogP contribution in [0.4, 0.5) is 5.82 Å². The highest BCUT2D eigenvalue weighted by atomic mass is 16.5. The Hall–Kier alpha value is -1.92. The molecule has 27 heavy (non-hydrogen) atoms. The lowest BCUT2D eigenvalue weighted by Crippen LogP contribution is -2.32. The number of aromatic amines is 1. The monoisotopic (exact) mass is 367 g/mol. The van der Waals surface area contributed by atoms with Gasteiger partial charge in [-0.15, -0.1) is 10.2 Å². The zero-order valence-corrected chi connectivity index (χ0v) is 15.8. The summed E-state index contributed by atoms with van der Waals surface area (Å²) in [5, 5.41) is 12.4. The van der Waals surface area contributed by atoms with Crippen LogP contribution in [0.3, 0.4) is 0 Å². The molecule has 2 saturated heterocycles. The van der Waals surface area contributed by atoms with E-state index in [-0.39, 0.29) is 0 Å². The number of nitrogens with one attached hydrogen (secondary N) is 2. The summed E-state index contributed by atoms with van der Waals surface area (Å²) in [5.74, 6) is 3.43. The van der Waals surface area contributed by atoms with Crippen LogP contribution in [-0.4, -0.2) is 59.0 Å². The van der Waals surface area contributed by atoms with E-state index in [2.05, 4.69) is 31.5 Å². The third-order valence-corrected chi connectivity index (χ3v) is 6.59. The molecule has 0 amide bonds. The lowest BCUT2D eigenvalue weighted by atomic mass is 10.00. The molecule has 2 aromatic rings. The summed E-state index contributed by atoms with van der Waals surface area (Å²) in [6.07, 6.45) is 8.86.